The average molecular weight is 279 g/mol. The first kappa shape index (κ1) is 12.7. The number of halogens is 1. The van der Waals surface area contributed by atoms with Crippen LogP contribution in [0.4, 0.5) is 5.69 Å². The zero-order valence-electron chi connectivity index (χ0n) is 9.74. The van der Waals surface area contributed by atoms with E-state index >= 15 is 0 Å². The number of nitriles is 1. The zero-order chi connectivity index (χ0) is 13.0. The van der Waals surface area contributed by atoms with E-state index in [9.17, 15) is 0 Å². The molecule has 1 heterocycles. The normalized spacial score (nSPS) is 9.83. The lowest BCUT2D eigenvalue weighted by molar-refractivity contribution is 0.416. The molecule has 0 spiro atoms. The van der Waals surface area contributed by atoms with E-state index in [0.717, 1.165) is 16.3 Å². The van der Waals surface area contributed by atoms with Gasteiger partial charge in [-0.3, -0.25) is 0 Å². The summed E-state index contributed by atoms with van der Waals surface area (Å²) in [6, 6.07) is 11.3. The summed E-state index contributed by atoms with van der Waals surface area (Å²) in [6.07, 6.45) is 0. The Morgan fingerprint density at radius 2 is 2.22 bits per heavy atom. The third-order valence-corrected chi connectivity index (χ3v) is 3.61. The van der Waals surface area contributed by atoms with Gasteiger partial charge >= 0.3 is 0 Å². The fraction of sp³-hybridized carbons (Fsp3) is 0.154. The van der Waals surface area contributed by atoms with Gasteiger partial charge in [-0.05, 0) is 30.3 Å². The highest BCUT2D eigenvalue weighted by Gasteiger charge is 2.04. The van der Waals surface area contributed by atoms with Gasteiger partial charge in [0, 0.05) is 16.4 Å². The minimum absolute atomic E-state index is 0.642. The molecule has 0 aliphatic carbocycles. The molecular formula is C13H11ClN2OS. The molecule has 1 aromatic heterocycles. The first-order valence-corrected chi connectivity index (χ1v) is 6.48. The average Bonchev–Trinajstić information content (AvgIpc) is 2.84. The van der Waals surface area contributed by atoms with E-state index in [4.69, 9.17) is 21.6 Å². The molecule has 0 aliphatic heterocycles. The summed E-state index contributed by atoms with van der Waals surface area (Å²) in [5, 5.41) is 12.7. The van der Waals surface area contributed by atoms with Crippen LogP contribution in [0.15, 0.2) is 30.3 Å². The number of benzene rings is 1. The van der Waals surface area contributed by atoms with E-state index in [2.05, 4.69) is 11.4 Å². The lowest BCUT2D eigenvalue weighted by Crippen LogP contribution is -1.99. The maximum Gasteiger partial charge on any atom is 0.142 e. The van der Waals surface area contributed by atoms with Gasteiger partial charge in [0.05, 0.1) is 12.8 Å². The van der Waals surface area contributed by atoms with Crippen molar-refractivity contribution in [2.24, 2.45) is 0 Å². The largest absolute Gasteiger partial charge is 0.495 e. The third-order valence-electron chi connectivity index (χ3n) is 2.39. The van der Waals surface area contributed by atoms with Crippen molar-refractivity contribution in [3.8, 4) is 11.8 Å². The van der Waals surface area contributed by atoms with Gasteiger partial charge in [0.25, 0.3) is 0 Å². The molecule has 92 valence electrons. The number of rotatable bonds is 4. The molecule has 0 radical (unpaired) electrons. The van der Waals surface area contributed by atoms with Crippen LogP contribution in [0, 0.1) is 11.3 Å². The molecule has 0 unspecified atom stereocenters. The van der Waals surface area contributed by atoms with E-state index in [1.165, 1.54) is 11.3 Å². The second kappa shape index (κ2) is 5.76. The molecule has 0 saturated carbocycles. The van der Waals surface area contributed by atoms with Gasteiger partial charge in [0.15, 0.2) is 0 Å². The van der Waals surface area contributed by atoms with E-state index in [0.29, 0.717) is 16.4 Å². The van der Waals surface area contributed by atoms with Crippen LogP contribution in [0.25, 0.3) is 0 Å². The first-order chi connectivity index (χ1) is 8.72. The van der Waals surface area contributed by atoms with Crippen LogP contribution in [-0.4, -0.2) is 7.11 Å². The fourth-order valence-electron chi connectivity index (χ4n) is 1.53. The van der Waals surface area contributed by atoms with Crippen molar-refractivity contribution >= 4 is 28.6 Å². The van der Waals surface area contributed by atoms with E-state index < -0.39 is 0 Å². The van der Waals surface area contributed by atoms with Gasteiger partial charge < -0.3 is 10.1 Å². The summed E-state index contributed by atoms with van der Waals surface area (Å²) in [7, 11) is 1.62. The van der Waals surface area contributed by atoms with Gasteiger partial charge in [-0.2, -0.15) is 5.26 Å². The Morgan fingerprint density at radius 3 is 2.89 bits per heavy atom. The summed E-state index contributed by atoms with van der Waals surface area (Å²) in [4.78, 5) is 1.80. The van der Waals surface area contributed by atoms with Crippen molar-refractivity contribution in [2.45, 2.75) is 6.54 Å². The molecule has 2 rings (SSSR count). The number of ether oxygens (including phenoxy) is 1. The molecule has 2 aromatic rings. The Kier molecular flexibility index (Phi) is 4.08. The summed E-state index contributed by atoms with van der Waals surface area (Å²) in [5.74, 6) is 0.747. The Hall–Kier alpha value is -1.70. The second-order valence-corrected chi connectivity index (χ2v) is 5.18. The second-order valence-electron chi connectivity index (χ2n) is 3.58. The molecule has 0 atom stereocenters. The van der Waals surface area contributed by atoms with Gasteiger partial charge in [0.1, 0.15) is 16.7 Å². The van der Waals surface area contributed by atoms with Crippen molar-refractivity contribution in [3.05, 3.63) is 45.1 Å². The predicted molar refractivity (Wildman–Crippen MR) is 74.4 cm³/mol. The van der Waals surface area contributed by atoms with E-state index in [1.54, 1.807) is 13.2 Å². The zero-order valence-corrected chi connectivity index (χ0v) is 11.3. The predicted octanol–water partition coefficient (Wildman–Crippen LogP) is 3.89. The number of hydrogen-bond donors (Lipinski definition) is 1. The molecule has 5 heteroatoms. The fourth-order valence-corrected chi connectivity index (χ4v) is 2.45. The van der Waals surface area contributed by atoms with Crippen LogP contribution in [-0.2, 0) is 6.54 Å². The molecule has 0 fully saturated rings. The number of hydrogen-bond acceptors (Lipinski definition) is 4. The molecule has 0 saturated heterocycles. The molecule has 0 aliphatic rings. The summed E-state index contributed by atoms with van der Waals surface area (Å²) in [6.45, 7) is 0.642. The Balaban J connectivity index is 2.10. The lowest BCUT2D eigenvalue weighted by Gasteiger charge is -2.10. The van der Waals surface area contributed by atoms with Crippen molar-refractivity contribution in [2.75, 3.05) is 12.4 Å². The molecule has 1 N–H and O–H groups in total. The lowest BCUT2D eigenvalue weighted by atomic mass is 10.3. The number of thiophene rings is 1. The summed E-state index contributed by atoms with van der Waals surface area (Å²) < 4.78 is 5.25. The van der Waals surface area contributed by atoms with Crippen LogP contribution in [0.3, 0.4) is 0 Å². The number of nitrogens with one attached hydrogen (secondary N) is 1. The highest BCUT2D eigenvalue weighted by atomic mass is 35.5. The van der Waals surface area contributed by atoms with E-state index in [-0.39, 0.29) is 0 Å². The molecule has 3 nitrogen and oxygen atoms in total. The van der Waals surface area contributed by atoms with Crippen molar-refractivity contribution in [1.82, 2.24) is 0 Å². The van der Waals surface area contributed by atoms with Gasteiger partial charge in [-0.15, -0.1) is 11.3 Å². The SMILES string of the molecule is COc1ccc(Cl)cc1NCc1ccc(C#N)s1. The van der Waals surface area contributed by atoms with Crippen molar-refractivity contribution in [1.29, 1.82) is 5.26 Å². The van der Waals surface area contributed by atoms with Crippen LogP contribution >= 0.6 is 22.9 Å². The molecule has 18 heavy (non-hydrogen) atoms. The first-order valence-electron chi connectivity index (χ1n) is 5.29. The van der Waals surface area contributed by atoms with Crippen LogP contribution in [0.5, 0.6) is 5.75 Å². The van der Waals surface area contributed by atoms with Gasteiger partial charge in [0.2, 0.25) is 0 Å². The third kappa shape index (κ3) is 2.95. The highest BCUT2D eigenvalue weighted by molar-refractivity contribution is 7.12. The summed E-state index contributed by atoms with van der Waals surface area (Å²) in [5.41, 5.74) is 0.844. The molecule has 0 bridgehead atoms. The maximum atomic E-state index is 8.76. The van der Waals surface area contributed by atoms with Gasteiger partial charge in [-0.1, -0.05) is 11.6 Å². The van der Waals surface area contributed by atoms with Crippen molar-refractivity contribution in [3.63, 3.8) is 0 Å². The quantitative estimate of drug-likeness (QED) is 0.923. The molecular weight excluding hydrogens is 268 g/mol. The Bertz CT molecular complexity index is 589. The maximum absolute atomic E-state index is 8.76. The summed E-state index contributed by atoms with van der Waals surface area (Å²) >= 11 is 7.42. The standard InChI is InChI=1S/C13H11ClN2OS/c1-17-13-5-2-9(14)6-12(13)16-8-11-4-3-10(7-15)18-11/h2-6,16H,8H2,1H3. The topological polar surface area (TPSA) is 45.0 Å². The minimum atomic E-state index is 0.642. The number of methoxy groups -OCH3 is 1. The van der Waals surface area contributed by atoms with Crippen LogP contribution < -0.4 is 10.1 Å². The Labute approximate surface area is 115 Å². The smallest absolute Gasteiger partial charge is 0.142 e. The number of anilines is 1. The van der Waals surface area contributed by atoms with Crippen LogP contribution in [0.2, 0.25) is 5.02 Å². The monoisotopic (exact) mass is 278 g/mol. The van der Waals surface area contributed by atoms with E-state index in [1.807, 2.05) is 24.3 Å². The highest BCUT2D eigenvalue weighted by Crippen LogP contribution is 2.28. The van der Waals surface area contributed by atoms with Gasteiger partial charge in [-0.25, -0.2) is 0 Å². The minimum Gasteiger partial charge on any atom is -0.495 e. The van der Waals surface area contributed by atoms with Crippen molar-refractivity contribution < 1.29 is 4.74 Å². The van der Waals surface area contributed by atoms with Crippen LogP contribution in [0.1, 0.15) is 9.75 Å². The number of nitrogens with zero attached hydrogens (tertiary/aromatic N) is 1. The Morgan fingerprint density at radius 1 is 1.39 bits per heavy atom. The molecule has 0 amide bonds. The molecule has 1 aromatic carbocycles.